The topological polar surface area (TPSA) is 56.1 Å². The summed E-state index contributed by atoms with van der Waals surface area (Å²) < 4.78 is 0. The van der Waals surface area contributed by atoms with Gasteiger partial charge in [0.2, 0.25) is 0 Å². The normalized spacial score (nSPS) is 14.3. The standard InChI is InChI=1S/C16H15N3OS/c1-19-8-7-12-13(9-17)16(21-14(12)10-19)18-15(20)11-5-3-2-4-6-11/h2-6H,7-8,10H2,1H3,(H,18,20). The molecular weight excluding hydrogens is 282 g/mol. The van der Waals surface area contributed by atoms with Gasteiger partial charge in [-0.2, -0.15) is 5.26 Å². The van der Waals surface area contributed by atoms with E-state index in [4.69, 9.17) is 0 Å². The Bertz CT molecular complexity index is 715. The fourth-order valence-corrected chi connectivity index (χ4v) is 3.78. The summed E-state index contributed by atoms with van der Waals surface area (Å²) in [7, 11) is 2.07. The number of nitriles is 1. The van der Waals surface area contributed by atoms with Crippen LogP contribution in [0.2, 0.25) is 0 Å². The SMILES string of the molecule is CN1CCc2c(sc(NC(=O)c3ccccc3)c2C#N)C1. The summed E-state index contributed by atoms with van der Waals surface area (Å²) >= 11 is 1.52. The number of anilines is 1. The van der Waals surface area contributed by atoms with Crippen LogP contribution < -0.4 is 5.32 Å². The molecule has 0 saturated carbocycles. The number of hydrogen-bond acceptors (Lipinski definition) is 4. The molecule has 5 heteroatoms. The molecule has 2 aromatic rings. The number of hydrogen-bond donors (Lipinski definition) is 1. The third kappa shape index (κ3) is 2.68. The highest BCUT2D eigenvalue weighted by atomic mass is 32.1. The van der Waals surface area contributed by atoms with Crippen molar-refractivity contribution < 1.29 is 4.79 Å². The molecule has 106 valence electrons. The Hall–Kier alpha value is -2.16. The van der Waals surface area contributed by atoms with Crippen molar-refractivity contribution in [1.82, 2.24) is 4.90 Å². The molecule has 4 nitrogen and oxygen atoms in total. The molecule has 2 heterocycles. The predicted molar refractivity (Wildman–Crippen MR) is 83.5 cm³/mol. The van der Waals surface area contributed by atoms with Crippen molar-refractivity contribution in [1.29, 1.82) is 5.26 Å². The summed E-state index contributed by atoms with van der Waals surface area (Å²) in [6, 6.07) is 11.3. The smallest absolute Gasteiger partial charge is 0.256 e. The average Bonchev–Trinajstić information content (AvgIpc) is 2.84. The number of nitrogens with zero attached hydrogens (tertiary/aromatic N) is 2. The molecule has 1 N–H and O–H groups in total. The van der Waals surface area contributed by atoms with E-state index in [2.05, 4.69) is 23.3 Å². The Balaban J connectivity index is 1.90. The van der Waals surface area contributed by atoms with Gasteiger partial charge >= 0.3 is 0 Å². The molecule has 0 fully saturated rings. The van der Waals surface area contributed by atoms with Crippen molar-refractivity contribution in [3.8, 4) is 6.07 Å². The molecule has 1 aliphatic rings. The van der Waals surface area contributed by atoms with Gasteiger partial charge in [-0.1, -0.05) is 18.2 Å². The summed E-state index contributed by atoms with van der Waals surface area (Å²) in [6.07, 6.45) is 0.867. The van der Waals surface area contributed by atoms with E-state index in [0.717, 1.165) is 25.1 Å². The summed E-state index contributed by atoms with van der Waals surface area (Å²) in [6.45, 7) is 1.79. The number of rotatable bonds is 2. The first-order chi connectivity index (χ1) is 10.2. The van der Waals surface area contributed by atoms with Crippen molar-refractivity contribution >= 4 is 22.2 Å². The molecule has 1 aromatic carbocycles. The second kappa shape index (κ2) is 5.68. The molecule has 21 heavy (non-hydrogen) atoms. The van der Waals surface area contributed by atoms with E-state index in [-0.39, 0.29) is 5.91 Å². The number of carbonyl (C=O) groups excluding carboxylic acids is 1. The Kier molecular flexibility index (Phi) is 3.74. The fourth-order valence-electron chi connectivity index (χ4n) is 2.50. The van der Waals surface area contributed by atoms with Crippen molar-refractivity contribution in [2.75, 3.05) is 18.9 Å². The van der Waals surface area contributed by atoms with E-state index >= 15 is 0 Å². The van der Waals surface area contributed by atoms with Gasteiger partial charge in [0.15, 0.2) is 0 Å². The van der Waals surface area contributed by atoms with E-state index in [0.29, 0.717) is 16.1 Å². The van der Waals surface area contributed by atoms with E-state index in [1.807, 2.05) is 18.2 Å². The number of amides is 1. The number of thiophene rings is 1. The number of fused-ring (bicyclic) bond motifs is 1. The van der Waals surface area contributed by atoms with Crippen LogP contribution in [-0.2, 0) is 13.0 Å². The van der Waals surface area contributed by atoms with Crippen molar-refractivity contribution in [3.05, 3.63) is 51.9 Å². The quantitative estimate of drug-likeness (QED) is 0.927. The maximum Gasteiger partial charge on any atom is 0.256 e. The largest absolute Gasteiger partial charge is 0.312 e. The van der Waals surface area contributed by atoms with Crippen molar-refractivity contribution in [2.45, 2.75) is 13.0 Å². The zero-order valence-corrected chi connectivity index (χ0v) is 12.5. The maximum absolute atomic E-state index is 12.2. The minimum Gasteiger partial charge on any atom is -0.312 e. The lowest BCUT2D eigenvalue weighted by atomic mass is 10.0. The van der Waals surface area contributed by atoms with Crippen LogP contribution in [0.5, 0.6) is 0 Å². The van der Waals surface area contributed by atoms with Gasteiger partial charge < -0.3 is 10.2 Å². The Morgan fingerprint density at radius 2 is 2.14 bits per heavy atom. The molecule has 1 amide bonds. The van der Waals surface area contributed by atoms with Gasteiger partial charge in [0.1, 0.15) is 11.1 Å². The van der Waals surface area contributed by atoms with Crippen LogP contribution in [0.25, 0.3) is 0 Å². The molecule has 1 aromatic heterocycles. The molecule has 0 spiro atoms. The van der Waals surface area contributed by atoms with E-state index in [1.54, 1.807) is 12.1 Å². The van der Waals surface area contributed by atoms with Gasteiger partial charge in [-0.15, -0.1) is 11.3 Å². The highest BCUT2D eigenvalue weighted by molar-refractivity contribution is 7.16. The van der Waals surface area contributed by atoms with Crippen LogP contribution in [0.15, 0.2) is 30.3 Å². The average molecular weight is 297 g/mol. The fraction of sp³-hybridized carbons (Fsp3) is 0.250. The number of carbonyl (C=O) groups is 1. The minimum atomic E-state index is -0.168. The van der Waals surface area contributed by atoms with Crippen molar-refractivity contribution in [2.24, 2.45) is 0 Å². The van der Waals surface area contributed by atoms with Gasteiger partial charge in [0, 0.05) is 23.5 Å². The lowest BCUT2D eigenvalue weighted by molar-refractivity contribution is 0.102. The van der Waals surface area contributed by atoms with Crippen LogP contribution in [-0.4, -0.2) is 24.4 Å². The third-order valence-corrected chi connectivity index (χ3v) is 4.75. The Morgan fingerprint density at radius 3 is 2.86 bits per heavy atom. The summed E-state index contributed by atoms with van der Waals surface area (Å²) in [5.74, 6) is -0.168. The lowest BCUT2D eigenvalue weighted by Gasteiger charge is -2.21. The zero-order valence-electron chi connectivity index (χ0n) is 11.7. The van der Waals surface area contributed by atoms with E-state index in [1.165, 1.54) is 16.2 Å². The number of likely N-dealkylation sites (N-methyl/N-ethyl adjacent to an activating group) is 1. The van der Waals surface area contributed by atoms with E-state index < -0.39 is 0 Å². The van der Waals surface area contributed by atoms with Crippen LogP contribution in [0.3, 0.4) is 0 Å². The summed E-state index contributed by atoms with van der Waals surface area (Å²) in [5.41, 5.74) is 2.33. The van der Waals surface area contributed by atoms with Crippen molar-refractivity contribution in [3.63, 3.8) is 0 Å². The predicted octanol–water partition coefficient (Wildman–Crippen LogP) is 2.86. The Morgan fingerprint density at radius 1 is 1.38 bits per heavy atom. The zero-order chi connectivity index (χ0) is 14.8. The molecule has 0 bridgehead atoms. The molecular formula is C16H15N3OS. The highest BCUT2D eigenvalue weighted by Gasteiger charge is 2.23. The van der Waals surface area contributed by atoms with Crippen LogP contribution in [0, 0.1) is 11.3 Å². The first-order valence-corrected chi connectivity index (χ1v) is 7.60. The van der Waals surface area contributed by atoms with Crippen LogP contribution >= 0.6 is 11.3 Å². The minimum absolute atomic E-state index is 0.168. The Labute approximate surface area is 127 Å². The third-order valence-electron chi connectivity index (χ3n) is 3.62. The first kappa shape index (κ1) is 13.8. The lowest BCUT2D eigenvalue weighted by Crippen LogP contribution is -2.25. The van der Waals surface area contributed by atoms with Gasteiger partial charge in [-0.25, -0.2) is 0 Å². The van der Waals surface area contributed by atoms with Gasteiger partial charge in [-0.3, -0.25) is 4.79 Å². The molecule has 0 radical (unpaired) electrons. The molecule has 1 aliphatic heterocycles. The van der Waals surface area contributed by atoms with Gasteiger partial charge in [-0.05, 0) is 31.2 Å². The van der Waals surface area contributed by atoms with E-state index in [9.17, 15) is 10.1 Å². The molecule has 0 aliphatic carbocycles. The second-order valence-corrected chi connectivity index (χ2v) is 6.23. The molecule has 0 saturated heterocycles. The number of benzene rings is 1. The number of nitrogens with one attached hydrogen (secondary N) is 1. The molecule has 0 atom stereocenters. The monoisotopic (exact) mass is 297 g/mol. The highest BCUT2D eigenvalue weighted by Crippen LogP contribution is 2.36. The first-order valence-electron chi connectivity index (χ1n) is 6.78. The maximum atomic E-state index is 12.2. The van der Waals surface area contributed by atoms with Gasteiger partial charge in [0.05, 0.1) is 5.56 Å². The summed E-state index contributed by atoms with van der Waals surface area (Å²) in [5, 5.41) is 13.0. The summed E-state index contributed by atoms with van der Waals surface area (Å²) in [4.78, 5) is 15.6. The van der Waals surface area contributed by atoms with Gasteiger partial charge in [0.25, 0.3) is 5.91 Å². The molecule has 0 unspecified atom stereocenters. The second-order valence-electron chi connectivity index (χ2n) is 5.13. The van der Waals surface area contributed by atoms with Crippen LogP contribution in [0.1, 0.15) is 26.4 Å². The van der Waals surface area contributed by atoms with Crippen LogP contribution in [0.4, 0.5) is 5.00 Å². The molecule has 3 rings (SSSR count).